The molecule has 0 radical (unpaired) electrons. The van der Waals surface area contributed by atoms with Crippen LogP contribution < -0.4 is 5.73 Å². The number of carboxylic acid groups (broad SMARTS) is 2. The van der Waals surface area contributed by atoms with E-state index in [-0.39, 0.29) is 12.8 Å². The molecule has 0 saturated heterocycles. The average Bonchev–Trinajstić information content (AvgIpc) is 1.98. The molecule has 0 bridgehead atoms. The third-order valence-electron chi connectivity index (χ3n) is 1.35. The van der Waals surface area contributed by atoms with Gasteiger partial charge in [0.2, 0.25) is 0 Å². The van der Waals surface area contributed by atoms with Crippen LogP contribution in [0.2, 0.25) is 0 Å². The van der Waals surface area contributed by atoms with Crippen molar-refractivity contribution in [1.29, 1.82) is 0 Å². The highest BCUT2D eigenvalue weighted by molar-refractivity contribution is 5.74. The quantitative estimate of drug-likeness (QED) is 0.411. The number of rotatable bonds is 5. The number of carbonyl (C=O) groups is 2. The Labute approximate surface area is 68.6 Å². The van der Waals surface area contributed by atoms with E-state index in [9.17, 15) is 9.59 Å². The van der Waals surface area contributed by atoms with Gasteiger partial charge in [-0.25, -0.2) is 4.79 Å². The zero-order valence-electron chi connectivity index (χ0n) is 6.30. The fourth-order valence-corrected chi connectivity index (χ4v) is 0.584. The second-order valence-electron chi connectivity index (χ2n) is 2.38. The Bertz CT molecular complexity index is 161. The number of hydrogen-bond acceptors (Lipinski definition) is 4. The van der Waals surface area contributed by atoms with Crippen LogP contribution in [0.4, 0.5) is 0 Å². The number of hydrogen-bond donors (Lipinski definition) is 4. The van der Waals surface area contributed by atoms with E-state index in [0.29, 0.717) is 0 Å². The van der Waals surface area contributed by atoms with Crippen molar-refractivity contribution in [2.24, 2.45) is 5.73 Å². The Morgan fingerprint density at radius 1 is 1.17 bits per heavy atom. The van der Waals surface area contributed by atoms with Gasteiger partial charge in [0.05, 0.1) is 0 Å². The van der Waals surface area contributed by atoms with E-state index >= 15 is 0 Å². The second kappa shape index (κ2) is 4.68. The maximum atomic E-state index is 10.1. The summed E-state index contributed by atoms with van der Waals surface area (Å²) >= 11 is 0. The Morgan fingerprint density at radius 3 is 2.00 bits per heavy atom. The number of aliphatic hydroxyl groups is 1. The summed E-state index contributed by atoms with van der Waals surface area (Å²) in [5, 5.41) is 25.2. The van der Waals surface area contributed by atoms with Gasteiger partial charge in [0.25, 0.3) is 0 Å². The predicted octanol–water partition coefficient (Wildman–Crippen LogP) is -1.38. The highest BCUT2D eigenvalue weighted by atomic mass is 16.4. The van der Waals surface area contributed by atoms with Crippen molar-refractivity contribution >= 4 is 11.9 Å². The maximum absolute atomic E-state index is 10.1. The number of carboxylic acids is 2. The lowest BCUT2D eigenvalue weighted by atomic mass is 10.1. The van der Waals surface area contributed by atoms with Crippen molar-refractivity contribution < 1.29 is 24.9 Å². The third kappa shape index (κ3) is 3.89. The fraction of sp³-hybridized carbons (Fsp3) is 0.667. The summed E-state index contributed by atoms with van der Waals surface area (Å²) < 4.78 is 0. The van der Waals surface area contributed by atoms with E-state index in [1.165, 1.54) is 0 Å². The van der Waals surface area contributed by atoms with Gasteiger partial charge in [-0.3, -0.25) is 4.79 Å². The van der Waals surface area contributed by atoms with Gasteiger partial charge in [0.1, 0.15) is 6.04 Å². The van der Waals surface area contributed by atoms with Gasteiger partial charge in [-0.15, -0.1) is 0 Å². The molecule has 0 aromatic heterocycles. The fourth-order valence-electron chi connectivity index (χ4n) is 0.584. The Morgan fingerprint density at radius 2 is 1.67 bits per heavy atom. The van der Waals surface area contributed by atoms with Crippen molar-refractivity contribution in [2.45, 2.75) is 25.0 Å². The van der Waals surface area contributed by atoms with Crippen LogP contribution in [0, 0.1) is 0 Å². The van der Waals surface area contributed by atoms with E-state index < -0.39 is 24.1 Å². The van der Waals surface area contributed by atoms with E-state index in [1.807, 2.05) is 0 Å². The molecule has 6 nitrogen and oxygen atoms in total. The largest absolute Gasteiger partial charge is 0.480 e. The first kappa shape index (κ1) is 10.9. The molecule has 0 spiro atoms. The van der Waals surface area contributed by atoms with Gasteiger partial charge in [0.15, 0.2) is 6.10 Å². The Balaban J connectivity index is 3.68. The molecule has 12 heavy (non-hydrogen) atoms. The highest BCUT2D eigenvalue weighted by Gasteiger charge is 2.17. The van der Waals surface area contributed by atoms with Gasteiger partial charge in [-0.05, 0) is 12.8 Å². The molecule has 0 aliphatic rings. The molecule has 1 unspecified atom stereocenters. The van der Waals surface area contributed by atoms with Crippen LogP contribution in [-0.4, -0.2) is 39.4 Å². The Hall–Kier alpha value is -1.14. The average molecular weight is 177 g/mol. The predicted molar refractivity (Wildman–Crippen MR) is 38.5 cm³/mol. The molecule has 0 aliphatic heterocycles. The molecule has 0 saturated carbocycles. The van der Waals surface area contributed by atoms with Crippen LogP contribution in [0.1, 0.15) is 12.8 Å². The van der Waals surface area contributed by atoms with Gasteiger partial charge in [0, 0.05) is 0 Å². The van der Waals surface area contributed by atoms with Crippen molar-refractivity contribution in [2.75, 3.05) is 0 Å². The maximum Gasteiger partial charge on any atom is 0.332 e. The van der Waals surface area contributed by atoms with Crippen molar-refractivity contribution in [3.63, 3.8) is 0 Å². The van der Waals surface area contributed by atoms with Gasteiger partial charge in [-0.1, -0.05) is 0 Å². The van der Waals surface area contributed by atoms with Crippen molar-refractivity contribution in [3.05, 3.63) is 0 Å². The number of aliphatic hydroxyl groups excluding tert-OH is 1. The lowest BCUT2D eigenvalue weighted by molar-refractivity contribution is -0.147. The van der Waals surface area contributed by atoms with Crippen molar-refractivity contribution in [1.82, 2.24) is 0 Å². The van der Waals surface area contributed by atoms with E-state index in [4.69, 9.17) is 21.1 Å². The molecule has 0 aromatic carbocycles. The molecule has 2 atom stereocenters. The molecule has 0 aliphatic carbocycles. The summed E-state index contributed by atoms with van der Waals surface area (Å²) in [6.07, 6.45) is -1.73. The summed E-state index contributed by atoms with van der Waals surface area (Å²) in [6, 6.07) is -1.11. The third-order valence-corrected chi connectivity index (χ3v) is 1.35. The topological polar surface area (TPSA) is 121 Å². The lowest BCUT2D eigenvalue weighted by Crippen LogP contribution is -2.32. The highest BCUT2D eigenvalue weighted by Crippen LogP contribution is 2.00. The molecule has 0 aromatic rings. The SMILES string of the molecule is N[C@@H](CCC(O)C(=O)O)C(=O)O. The van der Waals surface area contributed by atoms with Gasteiger partial charge >= 0.3 is 11.9 Å². The molecule has 70 valence electrons. The number of nitrogens with two attached hydrogens (primary N) is 1. The van der Waals surface area contributed by atoms with Crippen LogP contribution in [0.3, 0.4) is 0 Å². The van der Waals surface area contributed by atoms with Crippen molar-refractivity contribution in [3.8, 4) is 0 Å². The van der Waals surface area contributed by atoms with E-state index in [2.05, 4.69) is 0 Å². The van der Waals surface area contributed by atoms with Gasteiger partial charge in [-0.2, -0.15) is 0 Å². The standard InChI is InChI=1S/C6H11NO5/c7-3(5(9)10)1-2-4(8)6(11)12/h3-4,8H,1-2,7H2,(H,9,10)(H,11,12)/t3-,4?/m0/s1. The van der Waals surface area contributed by atoms with Gasteiger partial charge < -0.3 is 21.1 Å². The van der Waals surface area contributed by atoms with E-state index in [1.54, 1.807) is 0 Å². The summed E-state index contributed by atoms with van der Waals surface area (Å²) in [5.74, 6) is -2.57. The minimum atomic E-state index is -1.53. The van der Waals surface area contributed by atoms with Crippen LogP contribution in [-0.2, 0) is 9.59 Å². The number of aliphatic carboxylic acids is 2. The lowest BCUT2D eigenvalue weighted by Gasteiger charge is -2.07. The summed E-state index contributed by atoms with van der Waals surface area (Å²) in [5.41, 5.74) is 5.06. The zero-order chi connectivity index (χ0) is 9.72. The molecule has 5 N–H and O–H groups in total. The minimum absolute atomic E-state index is 0.0528. The first-order valence-electron chi connectivity index (χ1n) is 3.34. The summed E-state index contributed by atoms with van der Waals surface area (Å²) in [4.78, 5) is 20.2. The zero-order valence-corrected chi connectivity index (χ0v) is 6.30. The van der Waals surface area contributed by atoms with Crippen LogP contribution in [0.25, 0.3) is 0 Å². The molecular weight excluding hydrogens is 166 g/mol. The molecule has 6 heteroatoms. The molecular formula is C6H11NO5. The van der Waals surface area contributed by atoms with Crippen LogP contribution >= 0.6 is 0 Å². The minimum Gasteiger partial charge on any atom is -0.480 e. The molecule has 0 fully saturated rings. The smallest absolute Gasteiger partial charge is 0.332 e. The summed E-state index contributed by atoms with van der Waals surface area (Å²) in [6.45, 7) is 0. The molecule has 0 heterocycles. The molecule has 0 amide bonds. The monoisotopic (exact) mass is 177 g/mol. The van der Waals surface area contributed by atoms with Crippen LogP contribution in [0.15, 0.2) is 0 Å². The summed E-state index contributed by atoms with van der Waals surface area (Å²) in [7, 11) is 0. The molecule has 0 rings (SSSR count). The Kier molecular flexibility index (Phi) is 4.24. The van der Waals surface area contributed by atoms with E-state index in [0.717, 1.165) is 0 Å². The normalized spacial score (nSPS) is 15.2. The van der Waals surface area contributed by atoms with Crippen LogP contribution in [0.5, 0.6) is 0 Å². The first-order valence-corrected chi connectivity index (χ1v) is 3.34. The first-order chi connectivity index (χ1) is 5.45. The second-order valence-corrected chi connectivity index (χ2v) is 2.38.